The number of pyridine rings is 2. The topological polar surface area (TPSA) is 222 Å². The van der Waals surface area contributed by atoms with Gasteiger partial charge in [0, 0.05) is 43.4 Å². The lowest BCUT2D eigenvalue weighted by molar-refractivity contribution is -0.193. The molecule has 3 aromatic carbocycles. The molecule has 8 rings (SSSR count). The van der Waals surface area contributed by atoms with Crippen LogP contribution in [0.5, 0.6) is 5.75 Å². The summed E-state index contributed by atoms with van der Waals surface area (Å²) in [6.45, 7) is 1.09. The molecule has 3 N–H and O–H groups in total. The molecule has 2 fully saturated rings. The van der Waals surface area contributed by atoms with Crippen molar-refractivity contribution in [3.05, 3.63) is 144 Å². The number of carbonyl (C=O) groups is 6. The van der Waals surface area contributed by atoms with Crippen LogP contribution in [-0.2, 0) is 50.0 Å². The monoisotopic (exact) mass is 894 g/mol. The number of hydrogen-bond donors (Lipinski definition) is 3. The van der Waals surface area contributed by atoms with E-state index in [4.69, 9.17) is 14.0 Å². The third-order valence-electron chi connectivity index (χ3n) is 10.9. The van der Waals surface area contributed by atoms with Crippen LogP contribution in [0.4, 0.5) is 9.59 Å². The molecule has 338 valence electrons. The Labute approximate surface area is 378 Å². The van der Waals surface area contributed by atoms with Crippen LogP contribution in [-0.4, -0.2) is 116 Å². The highest BCUT2D eigenvalue weighted by Crippen LogP contribution is 2.32. The smallest absolute Gasteiger partial charge is 0.413 e. The summed E-state index contributed by atoms with van der Waals surface area (Å²) in [5.74, 6) is -1.41. The van der Waals surface area contributed by atoms with Crippen molar-refractivity contribution < 1.29 is 42.8 Å². The number of ether oxygens (including phenoxy) is 2. The lowest BCUT2D eigenvalue weighted by Gasteiger charge is -2.55. The Morgan fingerprint density at radius 3 is 2.38 bits per heavy atom. The second kappa shape index (κ2) is 20.5. The Hall–Kier alpha value is -8.19. The zero-order chi connectivity index (χ0) is 46.0. The van der Waals surface area contributed by atoms with Gasteiger partial charge in [-0.05, 0) is 60.0 Å². The minimum absolute atomic E-state index is 0.00438. The van der Waals surface area contributed by atoms with Crippen molar-refractivity contribution in [2.45, 2.75) is 45.2 Å². The van der Waals surface area contributed by atoms with Gasteiger partial charge in [-0.25, -0.2) is 14.6 Å². The van der Waals surface area contributed by atoms with Gasteiger partial charge in [0.15, 0.2) is 5.76 Å². The van der Waals surface area contributed by atoms with Crippen LogP contribution in [0.2, 0.25) is 0 Å². The van der Waals surface area contributed by atoms with Gasteiger partial charge in [-0.15, -0.1) is 0 Å². The molecule has 0 radical (unpaired) electrons. The van der Waals surface area contributed by atoms with E-state index < -0.39 is 42.8 Å². The number of nitrogens with zero attached hydrogens (tertiary/aromatic N) is 7. The number of carbonyl (C=O) groups excluding carboxylic acids is 6. The molecule has 2 aliphatic rings. The van der Waals surface area contributed by atoms with E-state index in [2.05, 4.69) is 31.1 Å². The van der Waals surface area contributed by atoms with Crippen LogP contribution in [0.15, 0.2) is 126 Å². The van der Waals surface area contributed by atoms with Gasteiger partial charge in [-0.2, -0.15) is 5.01 Å². The summed E-state index contributed by atoms with van der Waals surface area (Å²) in [6.07, 6.45) is 1.53. The van der Waals surface area contributed by atoms with E-state index in [0.717, 1.165) is 22.0 Å². The largest absolute Gasteiger partial charge is 0.465 e. The molecule has 6 amide bonds. The molecule has 0 saturated carbocycles. The maximum atomic E-state index is 14.8. The molecule has 2 atom stereocenters. The number of urea groups is 1. The fourth-order valence-electron chi connectivity index (χ4n) is 7.90. The van der Waals surface area contributed by atoms with E-state index >= 15 is 0 Å². The fourth-order valence-corrected chi connectivity index (χ4v) is 7.90. The lowest BCUT2D eigenvalue weighted by Crippen LogP contribution is -2.76. The summed E-state index contributed by atoms with van der Waals surface area (Å²) in [5, 5.41) is 15.9. The van der Waals surface area contributed by atoms with Crippen LogP contribution in [0.1, 0.15) is 29.4 Å². The van der Waals surface area contributed by atoms with E-state index in [1.54, 1.807) is 59.6 Å². The second-order valence-electron chi connectivity index (χ2n) is 15.4. The number of hydrazine groups is 1. The predicted molar refractivity (Wildman–Crippen MR) is 236 cm³/mol. The van der Waals surface area contributed by atoms with Crippen molar-refractivity contribution in [3.63, 3.8) is 0 Å². The summed E-state index contributed by atoms with van der Waals surface area (Å²) in [7, 11) is 0. The van der Waals surface area contributed by atoms with E-state index in [0.29, 0.717) is 22.7 Å². The summed E-state index contributed by atoms with van der Waals surface area (Å²) in [4.78, 5) is 92.2. The molecule has 2 saturated heterocycles. The molecule has 5 heterocycles. The number of hydrogen-bond acceptors (Lipinski definition) is 13. The third kappa shape index (κ3) is 10.6. The Morgan fingerprint density at radius 1 is 0.788 bits per heavy atom. The van der Waals surface area contributed by atoms with E-state index in [1.807, 2.05) is 66.7 Å². The summed E-state index contributed by atoms with van der Waals surface area (Å²) in [5.41, 5.74) is 4.16. The van der Waals surface area contributed by atoms with Gasteiger partial charge in [0.05, 0.1) is 37.5 Å². The zero-order valence-electron chi connectivity index (χ0n) is 35.9. The first-order valence-corrected chi connectivity index (χ1v) is 21.3. The molecule has 0 bridgehead atoms. The number of esters is 1. The quantitative estimate of drug-likeness (QED) is 0.125. The van der Waals surface area contributed by atoms with Crippen molar-refractivity contribution in [1.29, 1.82) is 0 Å². The van der Waals surface area contributed by atoms with E-state index in [1.165, 1.54) is 22.0 Å². The molecule has 3 aromatic heterocycles. The fraction of sp³-hybridized carbons (Fsp3) is 0.255. The average molecular weight is 895 g/mol. The minimum Gasteiger partial charge on any atom is -0.465 e. The molecule has 0 spiro atoms. The molecule has 0 aliphatic carbocycles. The lowest BCUT2D eigenvalue weighted by atomic mass is 9.97. The molecular weight excluding hydrogens is 849 g/mol. The van der Waals surface area contributed by atoms with Crippen LogP contribution in [0.3, 0.4) is 0 Å². The van der Waals surface area contributed by atoms with E-state index in [-0.39, 0.29) is 69.9 Å². The highest BCUT2D eigenvalue weighted by molar-refractivity contribution is 5.92. The normalized spacial score (nSPS) is 16.1. The SMILES string of the molecule is CCOC(=O)CNC(=O)CNC(=O)Oc1ccc(C[C@H]2C(=O)N(Cc3cccc4ncccc34)C[C@H]3N2C(=O)CN(Cc2cc(-c4ccccn4)no2)N3C(=O)NCc2ccccc2)cc1. The van der Waals surface area contributed by atoms with Crippen LogP contribution < -0.4 is 20.7 Å². The van der Waals surface area contributed by atoms with Gasteiger partial charge in [-0.3, -0.25) is 29.1 Å². The Balaban J connectivity index is 1.06. The maximum absolute atomic E-state index is 14.8. The summed E-state index contributed by atoms with van der Waals surface area (Å²) in [6, 6.07) is 30.9. The molecule has 2 aliphatic heterocycles. The van der Waals surface area contributed by atoms with Gasteiger partial charge < -0.3 is 39.7 Å². The molecule has 66 heavy (non-hydrogen) atoms. The first kappa shape index (κ1) is 44.4. The highest BCUT2D eigenvalue weighted by atomic mass is 16.6. The van der Waals surface area contributed by atoms with Gasteiger partial charge >= 0.3 is 18.1 Å². The number of nitrogens with one attached hydrogen (secondary N) is 3. The van der Waals surface area contributed by atoms with E-state index in [9.17, 15) is 28.8 Å². The number of fused-ring (bicyclic) bond motifs is 2. The zero-order valence-corrected chi connectivity index (χ0v) is 35.9. The van der Waals surface area contributed by atoms with Crippen molar-refractivity contribution in [3.8, 4) is 17.1 Å². The average Bonchev–Trinajstić information content (AvgIpc) is 3.80. The van der Waals surface area contributed by atoms with Gasteiger partial charge in [0.2, 0.25) is 17.7 Å². The Kier molecular flexibility index (Phi) is 13.8. The van der Waals surface area contributed by atoms with Crippen molar-refractivity contribution in [2.24, 2.45) is 0 Å². The standard InChI is InChI=1S/C47H46N10O9/c1-2-64-44(60)26-50-41(58)25-52-47(63)65-34-18-16-31(17-19-34)22-40-45(61)54(27-33-12-8-15-37-36(33)13-9-21-48-37)29-42-56(40)43(59)30-55(57(42)46(62)51-24-32-10-4-3-5-11-32)28-35-23-39(53-66-35)38-14-6-7-20-49-38/h3-21,23,40,42H,2,22,24-30H2,1H3,(H,50,58)(H,51,62)(H,52,63)/t40-,42-/m0/s1. The second-order valence-corrected chi connectivity index (χ2v) is 15.4. The number of piperazine rings is 1. The Morgan fingerprint density at radius 2 is 1.59 bits per heavy atom. The molecule has 6 aromatic rings. The maximum Gasteiger partial charge on any atom is 0.413 e. The van der Waals surface area contributed by atoms with Gasteiger partial charge in [0.1, 0.15) is 36.7 Å². The van der Waals surface area contributed by atoms with Gasteiger partial charge in [0.25, 0.3) is 0 Å². The predicted octanol–water partition coefficient (Wildman–Crippen LogP) is 3.80. The highest BCUT2D eigenvalue weighted by Gasteiger charge is 2.51. The minimum atomic E-state index is -1.06. The Bertz CT molecular complexity index is 2700. The summed E-state index contributed by atoms with van der Waals surface area (Å²) >= 11 is 0. The molecule has 19 heteroatoms. The first-order chi connectivity index (χ1) is 32.1. The molecular formula is C47H46N10O9. The number of amides is 6. The molecule has 0 unspecified atom stereocenters. The first-order valence-electron chi connectivity index (χ1n) is 21.3. The number of aromatic nitrogens is 3. The van der Waals surface area contributed by atoms with Crippen LogP contribution >= 0.6 is 0 Å². The van der Waals surface area contributed by atoms with Crippen molar-refractivity contribution >= 4 is 46.7 Å². The third-order valence-corrected chi connectivity index (χ3v) is 10.9. The number of benzene rings is 3. The van der Waals surface area contributed by atoms with Crippen LogP contribution in [0.25, 0.3) is 22.3 Å². The van der Waals surface area contributed by atoms with Crippen molar-refractivity contribution in [1.82, 2.24) is 50.9 Å². The van der Waals surface area contributed by atoms with Crippen LogP contribution in [0, 0.1) is 0 Å². The number of rotatable bonds is 15. The van der Waals surface area contributed by atoms with Crippen molar-refractivity contribution in [2.75, 3.05) is 32.8 Å². The van der Waals surface area contributed by atoms with Gasteiger partial charge in [-0.1, -0.05) is 71.9 Å². The summed E-state index contributed by atoms with van der Waals surface area (Å²) < 4.78 is 15.9. The molecule has 19 nitrogen and oxygen atoms in total.